The molecule has 16 heavy (non-hydrogen) atoms. The van der Waals surface area contributed by atoms with Gasteiger partial charge in [0.1, 0.15) is 18.1 Å². The van der Waals surface area contributed by atoms with Crippen molar-refractivity contribution in [2.45, 2.75) is 38.2 Å². The zero-order valence-electron chi connectivity index (χ0n) is 9.02. The number of oxazole rings is 1. The summed E-state index contributed by atoms with van der Waals surface area (Å²) in [6.07, 6.45) is 5.18. The molecule has 1 unspecified atom stereocenters. The average Bonchev–Trinajstić information content (AvgIpc) is 2.76. The van der Waals surface area contributed by atoms with E-state index < -0.39 is 5.97 Å². The monoisotopic (exact) mass is 225 g/mol. The molecule has 2 rings (SSSR count). The van der Waals surface area contributed by atoms with Gasteiger partial charge in [0.2, 0.25) is 0 Å². The van der Waals surface area contributed by atoms with Gasteiger partial charge in [-0.15, -0.1) is 0 Å². The number of hydrogen-bond donors (Lipinski definition) is 1. The highest BCUT2D eigenvalue weighted by molar-refractivity contribution is 5.66. The summed E-state index contributed by atoms with van der Waals surface area (Å²) in [6.45, 7) is 0.766. The van der Waals surface area contributed by atoms with Gasteiger partial charge in [0, 0.05) is 13.0 Å². The van der Waals surface area contributed by atoms with Crippen LogP contribution < -0.4 is 0 Å². The first-order valence-electron chi connectivity index (χ1n) is 5.53. The van der Waals surface area contributed by atoms with Crippen molar-refractivity contribution < 1.29 is 19.1 Å². The van der Waals surface area contributed by atoms with Gasteiger partial charge in [0.05, 0.1) is 6.42 Å². The Labute approximate surface area is 93.4 Å². The van der Waals surface area contributed by atoms with Crippen LogP contribution in [-0.2, 0) is 16.0 Å². The second kappa shape index (κ2) is 5.12. The number of hydrogen-bond acceptors (Lipinski definition) is 4. The number of aryl methyl sites for hydroxylation is 1. The number of carboxylic acids is 1. The quantitative estimate of drug-likeness (QED) is 0.847. The van der Waals surface area contributed by atoms with Crippen molar-refractivity contribution in [2.24, 2.45) is 0 Å². The lowest BCUT2D eigenvalue weighted by Crippen LogP contribution is -2.11. The standard InChI is InChI=1S/C11H15NO4/c13-11(14)5-4-10-12-8(7-16-10)9-3-1-2-6-15-9/h7,9H,1-6H2,(H,13,14). The minimum Gasteiger partial charge on any atom is -0.481 e. The Balaban J connectivity index is 1.93. The van der Waals surface area contributed by atoms with Gasteiger partial charge < -0.3 is 14.3 Å². The van der Waals surface area contributed by atoms with Crippen LogP contribution in [0, 0.1) is 0 Å². The maximum absolute atomic E-state index is 10.4. The van der Waals surface area contributed by atoms with E-state index in [1.807, 2.05) is 0 Å². The fraction of sp³-hybridized carbons (Fsp3) is 0.636. The van der Waals surface area contributed by atoms with Crippen LogP contribution >= 0.6 is 0 Å². The summed E-state index contributed by atoms with van der Waals surface area (Å²) in [6, 6.07) is 0. The fourth-order valence-corrected chi connectivity index (χ4v) is 1.78. The van der Waals surface area contributed by atoms with Gasteiger partial charge in [0.25, 0.3) is 0 Å². The molecule has 0 aliphatic carbocycles. The van der Waals surface area contributed by atoms with Crippen LogP contribution in [0.4, 0.5) is 0 Å². The first kappa shape index (κ1) is 11.1. The second-order valence-corrected chi connectivity index (χ2v) is 3.92. The smallest absolute Gasteiger partial charge is 0.303 e. The van der Waals surface area contributed by atoms with E-state index in [4.69, 9.17) is 14.3 Å². The van der Waals surface area contributed by atoms with Crippen LogP contribution in [0.2, 0.25) is 0 Å². The summed E-state index contributed by atoms with van der Waals surface area (Å²) in [5, 5.41) is 8.54. The molecule has 1 atom stereocenters. The topological polar surface area (TPSA) is 72.6 Å². The molecule has 5 nitrogen and oxygen atoms in total. The SMILES string of the molecule is O=C(O)CCc1nc(C2CCCCO2)co1. The van der Waals surface area contributed by atoms with E-state index in [2.05, 4.69) is 4.98 Å². The van der Waals surface area contributed by atoms with Gasteiger partial charge in [0.15, 0.2) is 5.89 Å². The Hall–Kier alpha value is -1.36. The molecule has 1 N–H and O–H groups in total. The van der Waals surface area contributed by atoms with Gasteiger partial charge >= 0.3 is 5.97 Å². The highest BCUT2D eigenvalue weighted by Gasteiger charge is 2.19. The molecule has 1 fully saturated rings. The summed E-state index contributed by atoms with van der Waals surface area (Å²) in [5.74, 6) is -0.361. The highest BCUT2D eigenvalue weighted by Crippen LogP contribution is 2.27. The van der Waals surface area contributed by atoms with Crippen LogP contribution in [0.15, 0.2) is 10.7 Å². The molecule has 0 amide bonds. The van der Waals surface area contributed by atoms with Crippen molar-refractivity contribution in [3.8, 4) is 0 Å². The molecular formula is C11H15NO4. The molecule has 0 saturated carbocycles. The molecule has 1 aromatic heterocycles. The molecule has 0 aromatic carbocycles. The number of aliphatic carboxylic acids is 1. The third kappa shape index (κ3) is 2.82. The molecule has 1 aliphatic heterocycles. The predicted molar refractivity (Wildman–Crippen MR) is 55.0 cm³/mol. The summed E-state index contributed by atoms with van der Waals surface area (Å²) in [7, 11) is 0. The van der Waals surface area contributed by atoms with Crippen molar-refractivity contribution in [3.05, 3.63) is 17.8 Å². The summed E-state index contributed by atoms with van der Waals surface area (Å²) >= 11 is 0. The van der Waals surface area contributed by atoms with Crippen molar-refractivity contribution in [1.29, 1.82) is 0 Å². The van der Waals surface area contributed by atoms with Gasteiger partial charge in [-0.25, -0.2) is 4.98 Å². The van der Waals surface area contributed by atoms with E-state index in [0.717, 1.165) is 31.6 Å². The Morgan fingerprint density at radius 1 is 1.56 bits per heavy atom. The minimum absolute atomic E-state index is 0.0241. The van der Waals surface area contributed by atoms with Crippen molar-refractivity contribution in [3.63, 3.8) is 0 Å². The molecule has 5 heteroatoms. The molecule has 2 heterocycles. The van der Waals surface area contributed by atoms with Gasteiger partial charge in [-0.2, -0.15) is 0 Å². The first-order valence-corrected chi connectivity index (χ1v) is 5.53. The number of nitrogens with zero attached hydrogens (tertiary/aromatic N) is 1. The lowest BCUT2D eigenvalue weighted by Gasteiger charge is -2.20. The van der Waals surface area contributed by atoms with E-state index in [1.54, 1.807) is 6.26 Å². The van der Waals surface area contributed by atoms with Crippen LogP contribution in [0.5, 0.6) is 0 Å². The molecule has 88 valence electrons. The van der Waals surface area contributed by atoms with E-state index in [0.29, 0.717) is 12.3 Å². The Bertz CT molecular complexity index is 355. The number of aromatic nitrogens is 1. The lowest BCUT2D eigenvalue weighted by atomic mass is 10.1. The highest BCUT2D eigenvalue weighted by atomic mass is 16.5. The third-order valence-corrected chi connectivity index (χ3v) is 2.63. The Morgan fingerprint density at radius 2 is 2.44 bits per heavy atom. The van der Waals surface area contributed by atoms with Crippen LogP contribution in [0.25, 0.3) is 0 Å². The zero-order valence-corrected chi connectivity index (χ0v) is 9.02. The van der Waals surface area contributed by atoms with Crippen LogP contribution in [0.3, 0.4) is 0 Å². The van der Waals surface area contributed by atoms with Gasteiger partial charge in [-0.05, 0) is 19.3 Å². The third-order valence-electron chi connectivity index (χ3n) is 2.63. The molecule has 1 saturated heterocycles. The summed E-state index contributed by atoms with van der Waals surface area (Å²) in [4.78, 5) is 14.6. The lowest BCUT2D eigenvalue weighted by molar-refractivity contribution is -0.137. The Morgan fingerprint density at radius 3 is 3.12 bits per heavy atom. The largest absolute Gasteiger partial charge is 0.481 e. The molecule has 0 radical (unpaired) electrons. The number of ether oxygens (including phenoxy) is 1. The maximum Gasteiger partial charge on any atom is 0.303 e. The summed E-state index contributed by atoms with van der Waals surface area (Å²) in [5.41, 5.74) is 0.792. The normalized spacial score (nSPS) is 20.9. The van der Waals surface area contributed by atoms with Gasteiger partial charge in [-0.1, -0.05) is 0 Å². The van der Waals surface area contributed by atoms with E-state index in [9.17, 15) is 4.79 Å². The average molecular weight is 225 g/mol. The van der Waals surface area contributed by atoms with E-state index in [-0.39, 0.29) is 12.5 Å². The van der Waals surface area contributed by atoms with Crippen molar-refractivity contribution in [1.82, 2.24) is 4.98 Å². The van der Waals surface area contributed by atoms with Crippen molar-refractivity contribution in [2.75, 3.05) is 6.61 Å². The molecule has 0 bridgehead atoms. The van der Waals surface area contributed by atoms with E-state index in [1.165, 1.54) is 0 Å². The second-order valence-electron chi connectivity index (χ2n) is 3.92. The van der Waals surface area contributed by atoms with Crippen LogP contribution in [-0.4, -0.2) is 22.7 Å². The fourth-order valence-electron chi connectivity index (χ4n) is 1.78. The minimum atomic E-state index is -0.839. The molecule has 0 spiro atoms. The number of rotatable bonds is 4. The Kier molecular flexibility index (Phi) is 3.56. The maximum atomic E-state index is 10.4. The molecular weight excluding hydrogens is 210 g/mol. The number of carbonyl (C=O) groups is 1. The first-order chi connectivity index (χ1) is 7.75. The molecule has 1 aliphatic rings. The molecule has 1 aromatic rings. The summed E-state index contributed by atoms with van der Waals surface area (Å²) < 4.78 is 10.8. The van der Waals surface area contributed by atoms with Gasteiger partial charge in [-0.3, -0.25) is 4.79 Å². The predicted octanol–water partition coefficient (Wildman–Crippen LogP) is 1.93. The zero-order chi connectivity index (χ0) is 11.4. The van der Waals surface area contributed by atoms with Crippen molar-refractivity contribution >= 4 is 5.97 Å². The van der Waals surface area contributed by atoms with E-state index >= 15 is 0 Å². The van der Waals surface area contributed by atoms with Crippen LogP contribution in [0.1, 0.15) is 43.4 Å². The number of carboxylic acid groups (broad SMARTS) is 1.